The van der Waals surface area contributed by atoms with E-state index in [0.717, 1.165) is 5.56 Å². The molecule has 0 unspecified atom stereocenters. The maximum Gasteiger partial charge on any atom is 0.0784 e. The highest BCUT2D eigenvalue weighted by Gasteiger charge is 2.37. The third-order valence-corrected chi connectivity index (χ3v) is 8.49. The van der Waals surface area contributed by atoms with E-state index in [4.69, 9.17) is 0 Å². The molecule has 0 heterocycles. The summed E-state index contributed by atoms with van der Waals surface area (Å²) >= 11 is 0. The SMILES string of the molecule is CC1(C)CCC(C)(C)c2cc(/C(=C/c3ccc(CO)cc3)[Si](C)(C)C)ccc21. The molecule has 1 aliphatic carbocycles. The topological polar surface area (TPSA) is 20.2 Å². The van der Waals surface area contributed by atoms with Crippen LogP contribution in [0.25, 0.3) is 11.3 Å². The normalized spacial score (nSPS) is 18.6. The molecule has 0 saturated carbocycles. The summed E-state index contributed by atoms with van der Waals surface area (Å²) in [6.45, 7) is 16.9. The van der Waals surface area contributed by atoms with Crippen LogP contribution in [0.4, 0.5) is 0 Å². The highest BCUT2D eigenvalue weighted by atomic mass is 28.3. The highest BCUT2D eigenvalue weighted by Crippen LogP contribution is 2.46. The molecule has 1 nitrogen and oxygen atoms in total. The van der Waals surface area contributed by atoms with Gasteiger partial charge in [0, 0.05) is 0 Å². The Hall–Kier alpha value is -1.64. The van der Waals surface area contributed by atoms with Gasteiger partial charge in [-0.2, -0.15) is 0 Å². The van der Waals surface area contributed by atoms with Crippen molar-refractivity contribution < 1.29 is 5.11 Å². The third-order valence-electron chi connectivity index (χ3n) is 6.45. The summed E-state index contributed by atoms with van der Waals surface area (Å²) in [6, 6.07) is 15.5. The van der Waals surface area contributed by atoms with Crippen molar-refractivity contribution in [1.82, 2.24) is 0 Å². The first-order chi connectivity index (χ1) is 12.9. The van der Waals surface area contributed by atoms with Crippen LogP contribution in [0.1, 0.15) is 68.4 Å². The molecule has 2 aromatic rings. The van der Waals surface area contributed by atoms with Crippen molar-refractivity contribution in [3.63, 3.8) is 0 Å². The Kier molecular flexibility index (Phi) is 5.50. The van der Waals surface area contributed by atoms with Crippen LogP contribution in [0.15, 0.2) is 42.5 Å². The van der Waals surface area contributed by atoms with Crippen LogP contribution in [0.5, 0.6) is 0 Å². The summed E-state index contributed by atoms with van der Waals surface area (Å²) in [5.74, 6) is 0. The predicted molar refractivity (Wildman–Crippen MR) is 125 cm³/mol. The van der Waals surface area contributed by atoms with E-state index in [9.17, 15) is 5.11 Å². The predicted octanol–water partition coefficient (Wildman–Crippen LogP) is 6.95. The summed E-state index contributed by atoms with van der Waals surface area (Å²) in [7, 11) is -1.55. The summed E-state index contributed by atoms with van der Waals surface area (Å²) in [5.41, 5.74) is 7.10. The third kappa shape index (κ3) is 4.18. The van der Waals surface area contributed by atoms with Crippen LogP contribution >= 0.6 is 0 Å². The van der Waals surface area contributed by atoms with E-state index < -0.39 is 8.07 Å². The Morgan fingerprint density at radius 3 is 2.00 bits per heavy atom. The molecule has 0 amide bonds. The molecule has 0 aromatic heterocycles. The largest absolute Gasteiger partial charge is 0.392 e. The number of hydrogen-bond acceptors (Lipinski definition) is 1. The summed E-state index contributed by atoms with van der Waals surface area (Å²) in [4.78, 5) is 0. The van der Waals surface area contributed by atoms with E-state index in [2.05, 4.69) is 83.7 Å². The number of aliphatic hydroxyl groups is 1. The average molecular weight is 393 g/mol. The Morgan fingerprint density at radius 2 is 1.46 bits per heavy atom. The minimum absolute atomic E-state index is 0.0978. The van der Waals surface area contributed by atoms with Gasteiger partial charge in [0.2, 0.25) is 0 Å². The molecule has 28 heavy (non-hydrogen) atoms. The standard InChI is InChI=1S/C26H36OSi/c1-25(2)14-15-26(3,4)23-17-21(12-13-22(23)25)24(28(5,6)7)16-19-8-10-20(18-27)11-9-19/h8-13,16-17,27H,14-15,18H2,1-7H3/b24-16-. The highest BCUT2D eigenvalue weighted by molar-refractivity contribution is 6.94. The average Bonchev–Trinajstić information content (AvgIpc) is 2.63. The Bertz CT molecular complexity index is 880. The van der Waals surface area contributed by atoms with E-state index in [1.54, 1.807) is 0 Å². The fourth-order valence-corrected chi connectivity index (χ4v) is 6.00. The van der Waals surface area contributed by atoms with Gasteiger partial charge in [-0.25, -0.2) is 0 Å². The zero-order valence-electron chi connectivity index (χ0n) is 18.7. The van der Waals surface area contributed by atoms with Crippen molar-refractivity contribution in [3.8, 4) is 0 Å². The van der Waals surface area contributed by atoms with Crippen LogP contribution in [-0.4, -0.2) is 13.2 Å². The first-order valence-electron chi connectivity index (χ1n) is 10.5. The molecule has 1 aliphatic rings. The van der Waals surface area contributed by atoms with Crippen LogP contribution in [0, 0.1) is 0 Å². The van der Waals surface area contributed by atoms with Crippen LogP contribution in [0.3, 0.4) is 0 Å². The Balaban J connectivity index is 2.13. The van der Waals surface area contributed by atoms with E-state index >= 15 is 0 Å². The van der Waals surface area contributed by atoms with Crippen molar-refractivity contribution in [2.24, 2.45) is 0 Å². The van der Waals surface area contributed by atoms with Crippen molar-refractivity contribution in [2.45, 2.75) is 77.6 Å². The first kappa shape index (κ1) is 21.1. The molecule has 2 aromatic carbocycles. The molecule has 0 bridgehead atoms. The van der Waals surface area contributed by atoms with Gasteiger partial charge in [0.1, 0.15) is 0 Å². The lowest BCUT2D eigenvalue weighted by atomic mass is 9.63. The monoisotopic (exact) mass is 392 g/mol. The van der Waals surface area contributed by atoms with Crippen molar-refractivity contribution in [3.05, 3.63) is 70.3 Å². The Labute approximate surface area is 172 Å². The first-order valence-corrected chi connectivity index (χ1v) is 14.0. The fraction of sp³-hybridized carbons (Fsp3) is 0.462. The quantitative estimate of drug-likeness (QED) is 0.441. The van der Waals surface area contributed by atoms with E-state index in [1.807, 2.05) is 12.1 Å². The number of benzene rings is 2. The van der Waals surface area contributed by atoms with Crippen molar-refractivity contribution in [1.29, 1.82) is 0 Å². The lowest BCUT2D eigenvalue weighted by molar-refractivity contribution is 0.282. The van der Waals surface area contributed by atoms with Gasteiger partial charge in [0.15, 0.2) is 0 Å². The van der Waals surface area contributed by atoms with E-state index in [1.165, 1.54) is 40.3 Å². The zero-order valence-corrected chi connectivity index (χ0v) is 19.7. The maximum atomic E-state index is 9.31. The number of fused-ring (bicyclic) bond motifs is 1. The van der Waals surface area contributed by atoms with Crippen LogP contribution < -0.4 is 0 Å². The second-order valence-electron chi connectivity index (χ2n) is 10.7. The van der Waals surface area contributed by atoms with Gasteiger partial charge in [-0.05, 0) is 51.5 Å². The van der Waals surface area contributed by atoms with Gasteiger partial charge in [0.05, 0.1) is 14.7 Å². The van der Waals surface area contributed by atoms with E-state index in [-0.39, 0.29) is 17.4 Å². The maximum absolute atomic E-state index is 9.31. The lowest BCUT2D eigenvalue weighted by Crippen LogP contribution is -2.34. The van der Waals surface area contributed by atoms with Crippen molar-refractivity contribution >= 4 is 19.3 Å². The molecular formula is C26H36OSi. The zero-order chi connectivity index (χ0) is 20.7. The van der Waals surface area contributed by atoms with Gasteiger partial charge >= 0.3 is 0 Å². The smallest absolute Gasteiger partial charge is 0.0784 e. The molecule has 0 fully saturated rings. The minimum atomic E-state index is -1.55. The van der Waals surface area contributed by atoms with Gasteiger partial charge in [-0.1, -0.05) is 101 Å². The van der Waals surface area contributed by atoms with Gasteiger partial charge < -0.3 is 5.11 Å². The van der Waals surface area contributed by atoms with E-state index in [0.29, 0.717) is 0 Å². The molecule has 0 saturated heterocycles. The van der Waals surface area contributed by atoms with Crippen LogP contribution in [0.2, 0.25) is 19.6 Å². The molecule has 1 N–H and O–H groups in total. The molecule has 150 valence electrons. The molecule has 0 aliphatic heterocycles. The number of hydrogen-bond donors (Lipinski definition) is 1. The van der Waals surface area contributed by atoms with Crippen molar-refractivity contribution in [2.75, 3.05) is 0 Å². The molecule has 2 heteroatoms. The number of rotatable bonds is 4. The number of aliphatic hydroxyl groups excluding tert-OH is 1. The summed E-state index contributed by atoms with van der Waals surface area (Å²) in [5, 5.41) is 10.8. The summed E-state index contributed by atoms with van der Waals surface area (Å²) in [6.07, 6.45) is 4.86. The molecule has 0 atom stereocenters. The second kappa shape index (κ2) is 7.31. The minimum Gasteiger partial charge on any atom is -0.392 e. The fourth-order valence-electron chi connectivity index (χ4n) is 4.38. The second-order valence-corrected chi connectivity index (χ2v) is 15.8. The molecule has 0 spiro atoms. The molecular weight excluding hydrogens is 356 g/mol. The van der Waals surface area contributed by atoms with Gasteiger partial charge in [0.25, 0.3) is 0 Å². The lowest BCUT2D eigenvalue weighted by Gasteiger charge is -2.42. The van der Waals surface area contributed by atoms with Gasteiger partial charge in [-0.15, -0.1) is 0 Å². The molecule has 3 rings (SSSR count). The Morgan fingerprint density at radius 1 is 0.893 bits per heavy atom. The van der Waals surface area contributed by atoms with Crippen LogP contribution in [-0.2, 0) is 17.4 Å². The molecule has 0 radical (unpaired) electrons. The summed E-state index contributed by atoms with van der Waals surface area (Å²) < 4.78 is 0. The van der Waals surface area contributed by atoms with Gasteiger partial charge in [-0.3, -0.25) is 0 Å².